The van der Waals surface area contributed by atoms with Crippen LogP contribution in [-0.2, 0) is 0 Å². The Morgan fingerprint density at radius 2 is 1.65 bits per heavy atom. The van der Waals surface area contributed by atoms with Gasteiger partial charge in [0.05, 0.1) is 6.10 Å². The maximum Gasteiger partial charge on any atom is 0.0695 e. The summed E-state index contributed by atoms with van der Waals surface area (Å²) >= 11 is 0. The van der Waals surface area contributed by atoms with Crippen LogP contribution in [0.3, 0.4) is 0 Å². The van der Waals surface area contributed by atoms with E-state index in [2.05, 4.69) is 30.6 Å². The lowest BCUT2D eigenvalue weighted by atomic mass is 10.0. The molecule has 1 saturated heterocycles. The summed E-state index contributed by atoms with van der Waals surface area (Å²) < 4.78 is 0. The maximum atomic E-state index is 10.2. The molecule has 17 heavy (non-hydrogen) atoms. The highest BCUT2D eigenvalue weighted by Gasteiger charge is 2.26. The normalized spacial score (nSPS) is 22.6. The molecule has 3 nitrogen and oxygen atoms in total. The van der Waals surface area contributed by atoms with Gasteiger partial charge in [-0.2, -0.15) is 0 Å². The van der Waals surface area contributed by atoms with Crippen LogP contribution in [0, 0.1) is 0 Å². The third-order valence-corrected chi connectivity index (χ3v) is 3.86. The molecule has 0 saturated carbocycles. The molecule has 0 aromatic heterocycles. The Morgan fingerprint density at radius 3 is 2.12 bits per heavy atom. The Bertz CT molecular complexity index is 191. The topological polar surface area (TPSA) is 26.7 Å². The van der Waals surface area contributed by atoms with Crippen molar-refractivity contribution in [2.24, 2.45) is 0 Å². The second kappa shape index (κ2) is 8.06. The van der Waals surface area contributed by atoms with Crippen LogP contribution in [0.15, 0.2) is 0 Å². The van der Waals surface area contributed by atoms with Gasteiger partial charge in [0.1, 0.15) is 0 Å². The molecule has 0 amide bonds. The van der Waals surface area contributed by atoms with Crippen molar-refractivity contribution in [2.75, 3.05) is 32.7 Å². The number of hydrogen-bond acceptors (Lipinski definition) is 3. The fraction of sp³-hybridized carbons (Fsp3) is 1.00. The molecule has 1 N–H and O–H groups in total. The lowest BCUT2D eigenvalue weighted by Crippen LogP contribution is -2.53. The van der Waals surface area contributed by atoms with Crippen molar-refractivity contribution in [1.82, 2.24) is 9.80 Å². The van der Waals surface area contributed by atoms with Crippen LogP contribution < -0.4 is 0 Å². The molecule has 2 atom stereocenters. The molecule has 1 rings (SSSR count). The minimum atomic E-state index is -0.136. The van der Waals surface area contributed by atoms with E-state index in [9.17, 15) is 5.11 Å². The van der Waals surface area contributed by atoms with Crippen LogP contribution in [0.2, 0.25) is 0 Å². The number of hydrogen-bond donors (Lipinski definition) is 1. The Labute approximate surface area is 107 Å². The van der Waals surface area contributed by atoms with Crippen molar-refractivity contribution >= 4 is 0 Å². The molecule has 2 unspecified atom stereocenters. The summed E-state index contributed by atoms with van der Waals surface area (Å²) in [6, 6.07) is 0.374. The average molecular weight is 242 g/mol. The SMILES string of the molecule is CCCC(O)C(CC)N1CCN(CCC)CC1. The number of aliphatic hydroxyl groups excluding tert-OH is 1. The summed E-state index contributed by atoms with van der Waals surface area (Å²) in [7, 11) is 0. The molecule has 3 heteroatoms. The van der Waals surface area contributed by atoms with E-state index in [-0.39, 0.29) is 6.10 Å². The van der Waals surface area contributed by atoms with Crippen LogP contribution in [0.1, 0.15) is 46.5 Å². The molecule has 1 aliphatic rings. The quantitative estimate of drug-likeness (QED) is 0.739. The van der Waals surface area contributed by atoms with Crippen LogP contribution in [0.25, 0.3) is 0 Å². The first-order valence-corrected chi connectivity index (χ1v) is 7.37. The van der Waals surface area contributed by atoms with Crippen molar-refractivity contribution in [1.29, 1.82) is 0 Å². The first-order valence-electron chi connectivity index (χ1n) is 7.37. The summed E-state index contributed by atoms with van der Waals surface area (Å²) in [6.45, 7) is 12.4. The second-order valence-electron chi connectivity index (χ2n) is 5.21. The minimum absolute atomic E-state index is 0.136. The van der Waals surface area contributed by atoms with E-state index in [1.54, 1.807) is 0 Å². The summed E-state index contributed by atoms with van der Waals surface area (Å²) in [4.78, 5) is 5.03. The Hall–Kier alpha value is -0.120. The highest BCUT2D eigenvalue weighted by Crippen LogP contribution is 2.16. The zero-order valence-electron chi connectivity index (χ0n) is 11.9. The van der Waals surface area contributed by atoms with Gasteiger partial charge in [-0.1, -0.05) is 27.2 Å². The summed E-state index contributed by atoms with van der Waals surface area (Å²) in [5.74, 6) is 0. The van der Waals surface area contributed by atoms with Gasteiger partial charge in [-0.25, -0.2) is 0 Å². The van der Waals surface area contributed by atoms with Gasteiger partial charge in [0, 0.05) is 32.2 Å². The predicted molar refractivity (Wildman–Crippen MR) is 73.3 cm³/mol. The third kappa shape index (κ3) is 4.57. The predicted octanol–water partition coefficient (Wildman–Crippen LogP) is 1.95. The minimum Gasteiger partial charge on any atom is -0.391 e. The van der Waals surface area contributed by atoms with Crippen LogP contribution >= 0.6 is 0 Å². The fourth-order valence-electron chi connectivity index (χ4n) is 2.90. The molecular formula is C14H30N2O. The molecule has 1 heterocycles. The van der Waals surface area contributed by atoms with E-state index in [0.717, 1.165) is 32.4 Å². The van der Waals surface area contributed by atoms with Gasteiger partial charge in [0.15, 0.2) is 0 Å². The van der Waals surface area contributed by atoms with E-state index >= 15 is 0 Å². The van der Waals surface area contributed by atoms with E-state index in [4.69, 9.17) is 0 Å². The lowest BCUT2D eigenvalue weighted by Gasteiger charge is -2.40. The third-order valence-electron chi connectivity index (χ3n) is 3.86. The standard InChI is InChI=1S/C14H30N2O/c1-4-7-14(17)13(6-3)16-11-9-15(8-5-2)10-12-16/h13-14,17H,4-12H2,1-3H3. The molecule has 102 valence electrons. The Balaban J connectivity index is 2.39. The monoisotopic (exact) mass is 242 g/mol. The number of nitrogens with zero attached hydrogens (tertiary/aromatic N) is 2. The number of aliphatic hydroxyl groups is 1. The molecule has 0 aliphatic carbocycles. The van der Waals surface area contributed by atoms with Gasteiger partial charge in [0.25, 0.3) is 0 Å². The highest BCUT2D eigenvalue weighted by atomic mass is 16.3. The van der Waals surface area contributed by atoms with Crippen molar-refractivity contribution in [2.45, 2.75) is 58.6 Å². The zero-order valence-corrected chi connectivity index (χ0v) is 11.9. The van der Waals surface area contributed by atoms with E-state index in [1.807, 2.05) is 0 Å². The van der Waals surface area contributed by atoms with Crippen molar-refractivity contribution in [3.05, 3.63) is 0 Å². The molecular weight excluding hydrogens is 212 g/mol. The Kier molecular flexibility index (Phi) is 7.09. The van der Waals surface area contributed by atoms with Gasteiger partial charge in [0.2, 0.25) is 0 Å². The van der Waals surface area contributed by atoms with Gasteiger partial charge < -0.3 is 10.0 Å². The van der Waals surface area contributed by atoms with Crippen LogP contribution in [-0.4, -0.2) is 59.8 Å². The van der Waals surface area contributed by atoms with Crippen LogP contribution in [0.5, 0.6) is 0 Å². The van der Waals surface area contributed by atoms with E-state index in [0.29, 0.717) is 6.04 Å². The van der Waals surface area contributed by atoms with Crippen molar-refractivity contribution < 1.29 is 5.11 Å². The largest absolute Gasteiger partial charge is 0.391 e. The van der Waals surface area contributed by atoms with Crippen LogP contribution in [0.4, 0.5) is 0 Å². The summed E-state index contributed by atoms with van der Waals surface area (Å²) in [6.07, 6.45) is 4.19. The molecule has 0 aromatic rings. The summed E-state index contributed by atoms with van der Waals surface area (Å²) in [5.41, 5.74) is 0. The molecule has 1 aliphatic heterocycles. The van der Waals surface area contributed by atoms with E-state index < -0.39 is 0 Å². The number of rotatable bonds is 7. The van der Waals surface area contributed by atoms with Gasteiger partial charge in [-0.3, -0.25) is 4.90 Å². The second-order valence-corrected chi connectivity index (χ2v) is 5.21. The van der Waals surface area contributed by atoms with Gasteiger partial charge in [-0.15, -0.1) is 0 Å². The molecule has 0 radical (unpaired) electrons. The highest BCUT2D eigenvalue weighted by molar-refractivity contribution is 4.82. The van der Waals surface area contributed by atoms with Crippen molar-refractivity contribution in [3.8, 4) is 0 Å². The maximum absolute atomic E-state index is 10.2. The fourth-order valence-corrected chi connectivity index (χ4v) is 2.90. The zero-order chi connectivity index (χ0) is 12.7. The van der Waals surface area contributed by atoms with E-state index in [1.165, 1.54) is 26.1 Å². The summed E-state index contributed by atoms with van der Waals surface area (Å²) in [5, 5.41) is 10.2. The first kappa shape index (κ1) is 14.9. The smallest absolute Gasteiger partial charge is 0.0695 e. The molecule has 0 bridgehead atoms. The lowest BCUT2D eigenvalue weighted by molar-refractivity contribution is 0.0130. The molecule has 0 aromatic carbocycles. The average Bonchev–Trinajstić information content (AvgIpc) is 2.33. The first-order chi connectivity index (χ1) is 8.22. The van der Waals surface area contributed by atoms with Crippen molar-refractivity contribution in [3.63, 3.8) is 0 Å². The number of piperazine rings is 1. The molecule has 1 fully saturated rings. The van der Waals surface area contributed by atoms with Gasteiger partial charge in [-0.05, 0) is 25.8 Å². The molecule has 0 spiro atoms. The Morgan fingerprint density at radius 1 is 1.00 bits per heavy atom. The van der Waals surface area contributed by atoms with Gasteiger partial charge >= 0.3 is 0 Å².